The zero-order chi connectivity index (χ0) is 17.3. The minimum atomic E-state index is -3.11. The maximum Gasteiger partial charge on any atom is 1.00 e. The Hall–Kier alpha value is -2.06. The molecule has 0 radical (unpaired) electrons. The predicted octanol–water partition coefficient (Wildman–Crippen LogP) is -1.21. The van der Waals surface area contributed by atoms with Crippen LogP contribution in [0.4, 0.5) is 5.69 Å². The third-order valence-corrected chi connectivity index (χ3v) is 3.80. The van der Waals surface area contributed by atoms with Crippen molar-refractivity contribution in [3.63, 3.8) is 0 Å². The smallest absolute Gasteiger partial charge is 0.375 e. The molecule has 1 aliphatic carbocycles. The van der Waals surface area contributed by atoms with Crippen molar-refractivity contribution in [3.05, 3.63) is 76.5 Å². The average Bonchev–Trinajstić information content (AvgIpc) is 3.06. The van der Waals surface area contributed by atoms with Crippen molar-refractivity contribution in [2.24, 2.45) is 0 Å². The van der Waals surface area contributed by atoms with Gasteiger partial charge in [0.1, 0.15) is 0 Å². The Morgan fingerprint density at radius 1 is 0.960 bits per heavy atom. The van der Waals surface area contributed by atoms with E-state index in [1.165, 1.54) is 0 Å². The van der Waals surface area contributed by atoms with Crippen molar-refractivity contribution in [3.8, 4) is 0 Å². The van der Waals surface area contributed by atoms with E-state index in [1.807, 2.05) is 24.3 Å². The third kappa shape index (κ3) is 3.80. The van der Waals surface area contributed by atoms with Crippen LogP contribution in [0.15, 0.2) is 53.7 Å². The minimum Gasteiger partial charge on any atom is -0.375 e. The molecule has 1 N–H and O–H groups in total. The average molecular weight is 363 g/mol. The van der Waals surface area contributed by atoms with Crippen molar-refractivity contribution in [1.82, 2.24) is 0 Å². The Bertz CT molecular complexity index is 938. The molecule has 2 aromatic carbocycles. The first-order valence-electron chi connectivity index (χ1n) is 6.93. The zero-order valence-electron chi connectivity index (χ0n) is 13.2. The molecule has 0 atom stereocenters. The van der Waals surface area contributed by atoms with E-state index in [2.05, 4.69) is 11.4 Å². The number of carbonyl (C=O) groups is 2. The minimum absolute atomic E-state index is 0. The van der Waals surface area contributed by atoms with Crippen LogP contribution in [0.3, 0.4) is 0 Å². The number of ketones is 2. The molecule has 0 unspecified atom stereocenters. The van der Waals surface area contributed by atoms with Crippen LogP contribution < -0.4 is 34.9 Å². The molecule has 0 amide bonds. The Morgan fingerprint density at radius 3 is 2.28 bits per heavy atom. The van der Waals surface area contributed by atoms with Gasteiger partial charge in [-0.15, -0.1) is 18.7 Å². The van der Waals surface area contributed by atoms with E-state index in [0.717, 1.165) is 11.3 Å². The topological polar surface area (TPSA) is 97.4 Å². The molecule has 2 aromatic rings. The number of hydrogen-bond acceptors (Lipinski definition) is 6. The van der Waals surface area contributed by atoms with Gasteiger partial charge in [-0.05, 0) is 5.56 Å². The van der Waals surface area contributed by atoms with Gasteiger partial charge >= 0.3 is 40.2 Å². The third-order valence-electron chi connectivity index (χ3n) is 3.80. The molecule has 2 aliphatic rings. The van der Waals surface area contributed by atoms with Crippen LogP contribution in [0.5, 0.6) is 0 Å². The van der Waals surface area contributed by atoms with Gasteiger partial charge < -0.3 is 10.1 Å². The fraction of sp³-hybridized carbons (Fsp3) is 0.0588. The Labute approximate surface area is 167 Å². The molecule has 120 valence electrons. The summed E-state index contributed by atoms with van der Waals surface area (Å²) in [5, 5.41) is 3.08. The molecule has 0 saturated carbocycles. The van der Waals surface area contributed by atoms with Gasteiger partial charge in [-0.25, -0.2) is 0 Å². The molecule has 6 nitrogen and oxygen atoms in total. The summed E-state index contributed by atoms with van der Waals surface area (Å²) in [6.07, 6.45) is 0.515. The first-order chi connectivity index (χ1) is 11.5. The molecule has 1 aliphatic heterocycles. The van der Waals surface area contributed by atoms with Crippen LogP contribution in [-0.2, 0) is 17.0 Å². The van der Waals surface area contributed by atoms with Crippen molar-refractivity contribution in [1.29, 1.82) is 0 Å². The Balaban J connectivity index is 0.000000411. The zero-order valence-corrected chi connectivity index (χ0v) is 16.0. The van der Waals surface area contributed by atoms with Gasteiger partial charge in [-0.2, -0.15) is 18.2 Å². The summed E-state index contributed by atoms with van der Waals surface area (Å²) < 4.78 is 25.3. The normalized spacial score (nSPS) is 16.8. The van der Waals surface area contributed by atoms with Crippen LogP contribution in [0.25, 0.3) is 0 Å². The predicted molar refractivity (Wildman–Crippen MR) is 84.4 cm³/mol. The van der Waals surface area contributed by atoms with E-state index < -0.39 is 10.6 Å². The number of hydrogen-bond donors (Lipinski definition) is 1. The van der Waals surface area contributed by atoms with E-state index >= 15 is 0 Å². The summed E-state index contributed by atoms with van der Waals surface area (Å²) in [5.74, 6) is -0.166. The summed E-state index contributed by atoms with van der Waals surface area (Å²) in [5.41, 5.74) is 4.00. The number of anilines is 1. The molecule has 1 heterocycles. The van der Waals surface area contributed by atoms with Crippen molar-refractivity contribution in [2.45, 2.75) is 6.42 Å². The second-order valence-electron chi connectivity index (χ2n) is 5.15. The van der Waals surface area contributed by atoms with E-state index in [1.54, 1.807) is 18.2 Å². The fourth-order valence-corrected chi connectivity index (χ4v) is 2.80. The number of benzene rings is 2. The molecule has 25 heavy (non-hydrogen) atoms. The fourth-order valence-electron chi connectivity index (χ4n) is 2.80. The SMILES string of the molecule is O=C1/C(=C2\Nc3cc[c-]cc3C2=O)Cc2ccccc21.O=S(=O)=O.[Na+]. The van der Waals surface area contributed by atoms with Crippen LogP contribution in [-0.4, -0.2) is 24.2 Å². The van der Waals surface area contributed by atoms with E-state index in [0.29, 0.717) is 28.8 Å². The van der Waals surface area contributed by atoms with Crippen LogP contribution in [0, 0.1) is 6.07 Å². The van der Waals surface area contributed by atoms with Gasteiger partial charge in [0.25, 0.3) is 0 Å². The maximum absolute atomic E-state index is 12.4. The van der Waals surface area contributed by atoms with Gasteiger partial charge in [0.05, 0.1) is 5.70 Å². The number of nitrogens with one attached hydrogen (secondary N) is 1. The number of carbonyl (C=O) groups excluding carboxylic acids is 2. The van der Waals surface area contributed by atoms with E-state index in [-0.39, 0.29) is 41.1 Å². The molecule has 0 aromatic heterocycles. The maximum atomic E-state index is 12.4. The van der Waals surface area contributed by atoms with Crippen molar-refractivity contribution in [2.75, 3.05) is 5.32 Å². The van der Waals surface area contributed by atoms with Crippen molar-refractivity contribution < 1.29 is 51.8 Å². The number of Topliss-reactive ketones (excluding diaryl/α,β-unsaturated/α-hetero) is 2. The molecule has 0 bridgehead atoms. The van der Waals surface area contributed by atoms with Crippen LogP contribution in [0.2, 0.25) is 0 Å². The quantitative estimate of drug-likeness (QED) is 0.358. The molecule has 0 spiro atoms. The van der Waals surface area contributed by atoms with E-state index in [4.69, 9.17) is 12.6 Å². The molecule has 0 fully saturated rings. The summed E-state index contributed by atoms with van der Waals surface area (Å²) in [6, 6.07) is 15.6. The van der Waals surface area contributed by atoms with E-state index in [9.17, 15) is 9.59 Å². The standard InChI is InChI=1S/C17H10NO2.Na.O3S/c19-16-11-6-2-1-5-10(11)9-13(16)15-17(20)12-7-3-4-8-14(12)18-15;;1-4(2)3/h1-2,4-8,18H,9H2;;/q-1;+1;/b15-13-;;. The largest absolute Gasteiger partial charge is 1.00 e. The van der Waals surface area contributed by atoms with Crippen molar-refractivity contribution >= 4 is 27.9 Å². The van der Waals surface area contributed by atoms with Crippen LogP contribution in [0.1, 0.15) is 26.3 Å². The second-order valence-corrected chi connectivity index (χ2v) is 5.55. The number of fused-ring (bicyclic) bond motifs is 2. The monoisotopic (exact) mass is 363 g/mol. The van der Waals surface area contributed by atoms with Gasteiger partial charge in [0.15, 0.2) is 11.6 Å². The van der Waals surface area contributed by atoms with Crippen LogP contribution >= 0.6 is 0 Å². The molecular weight excluding hydrogens is 353 g/mol. The molecule has 0 saturated heterocycles. The Morgan fingerprint density at radius 2 is 1.64 bits per heavy atom. The summed E-state index contributed by atoms with van der Waals surface area (Å²) in [6.45, 7) is 0. The summed E-state index contributed by atoms with van der Waals surface area (Å²) in [4.78, 5) is 24.8. The van der Waals surface area contributed by atoms with Gasteiger partial charge in [0.2, 0.25) is 0 Å². The first kappa shape index (κ1) is 19.3. The first-order valence-corrected chi connectivity index (χ1v) is 7.93. The number of allylic oxidation sites excluding steroid dienone is 2. The van der Waals surface area contributed by atoms with Gasteiger partial charge in [0, 0.05) is 17.6 Å². The number of rotatable bonds is 0. The molecule has 8 heteroatoms. The summed E-state index contributed by atoms with van der Waals surface area (Å²) >= 11 is 0. The van der Waals surface area contributed by atoms with Gasteiger partial charge in [-0.3, -0.25) is 4.79 Å². The second kappa shape index (κ2) is 7.88. The Kier molecular flexibility index (Phi) is 6.07. The molecular formula is C17H10NNaO5S. The van der Waals surface area contributed by atoms with Gasteiger partial charge in [-0.1, -0.05) is 35.5 Å². The molecule has 4 rings (SSSR count). The summed E-state index contributed by atoms with van der Waals surface area (Å²) in [7, 11) is -3.11.